The Morgan fingerprint density at radius 1 is 1.14 bits per heavy atom. The van der Waals surface area contributed by atoms with Crippen LogP contribution in [0.25, 0.3) is 0 Å². The Kier molecular flexibility index (Phi) is 7.53. The molecule has 0 radical (unpaired) electrons. The number of ether oxygens (including phenoxy) is 1. The first-order valence-electron chi connectivity index (χ1n) is 8.60. The van der Waals surface area contributed by atoms with E-state index in [4.69, 9.17) is 17.0 Å². The molecule has 0 heterocycles. The molecule has 0 bridgehead atoms. The summed E-state index contributed by atoms with van der Waals surface area (Å²) in [5.74, 6) is 0.0504. The lowest BCUT2D eigenvalue weighted by Crippen LogP contribution is -2.34. The number of thiocarbonyl (C=S) groups is 1. The average molecular weight is 464 g/mol. The predicted octanol–water partition coefficient (Wildman–Crippen LogP) is 4.35. The maximum absolute atomic E-state index is 12.6. The molecule has 0 aliphatic rings. The van der Waals surface area contributed by atoms with Crippen molar-refractivity contribution < 1.29 is 14.3 Å². The van der Waals surface area contributed by atoms with Crippen LogP contribution in [0.2, 0.25) is 0 Å². The van der Waals surface area contributed by atoms with E-state index in [0.29, 0.717) is 17.0 Å². The maximum Gasteiger partial charge on any atom is 0.261 e. The van der Waals surface area contributed by atoms with Crippen LogP contribution < -0.4 is 20.3 Å². The van der Waals surface area contributed by atoms with Crippen LogP contribution in [-0.2, 0) is 4.79 Å². The Hall–Kier alpha value is -2.45. The van der Waals surface area contributed by atoms with E-state index >= 15 is 0 Å². The number of benzene rings is 2. The van der Waals surface area contributed by atoms with Crippen molar-refractivity contribution >= 4 is 56.4 Å². The lowest BCUT2D eigenvalue weighted by atomic mass is 10.2. The fraction of sp³-hybridized carbons (Fsp3) is 0.250. The zero-order valence-electron chi connectivity index (χ0n) is 16.1. The van der Waals surface area contributed by atoms with Gasteiger partial charge in [0.25, 0.3) is 5.91 Å². The molecule has 2 aromatic rings. The summed E-state index contributed by atoms with van der Waals surface area (Å²) in [6, 6.07) is 12.4. The highest BCUT2D eigenvalue weighted by Gasteiger charge is 2.16. The number of amides is 2. The van der Waals surface area contributed by atoms with Crippen molar-refractivity contribution in [3.63, 3.8) is 0 Å². The molecule has 0 aromatic heterocycles. The van der Waals surface area contributed by atoms with Crippen LogP contribution in [0.5, 0.6) is 5.75 Å². The van der Waals surface area contributed by atoms with Gasteiger partial charge in [-0.3, -0.25) is 14.9 Å². The molecule has 0 atom stereocenters. The van der Waals surface area contributed by atoms with Crippen molar-refractivity contribution in [3.8, 4) is 5.75 Å². The third-order valence-electron chi connectivity index (χ3n) is 3.76. The van der Waals surface area contributed by atoms with Gasteiger partial charge >= 0.3 is 0 Å². The number of hydrogen-bond acceptors (Lipinski definition) is 4. The molecule has 0 spiro atoms. The topological polar surface area (TPSA) is 70.7 Å². The summed E-state index contributed by atoms with van der Waals surface area (Å²) in [6.07, 6.45) is -0.0653. The zero-order valence-corrected chi connectivity index (χ0v) is 18.5. The third-order valence-corrected chi connectivity index (χ3v) is 4.46. The van der Waals surface area contributed by atoms with Crippen LogP contribution >= 0.6 is 28.1 Å². The van der Waals surface area contributed by atoms with Crippen LogP contribution in [0.3, 0.4) is 0 Å². The Balaban J connectivity index is 2.06. The van der Waals surface area contributed by atoms with Gasteiger partial charge in [0.2, 0.25) is 5.91 Å². The number of hydrogen-bond donors (Lipinski definition) is 2. The standard InChI is InChI=1S/C20H22BrN3O3S/c1-12(2)27-18-10-5-14(21)11-17(18)19(26)23-20(28)22-15-6-8-16(9-7-15)24(4)13(3)25/h5-12H,1-4H3,(H2,22,23,26,28). The number of halogens is 1. The van der Waals surface area contributed by atoms with Crippen LogP contribution in [0.15, 0.2) is 46.9 Å². The molecule has 148 valence electrons. The fourth-order valence-electron chi connectivity index (χ4n) is 2.32. The Morgan fingerprint density at radius 3 is 2.36 bits per heavy atom. The highest BCUT2D eigenvalue weighted by Crippen LogP contribution is 2.24. The highest BCUT2D eigenvalue weighted by atomic mass is 79.9. The molecule has 2 rings (SSSR count). The monoisotopic (exact) mass is 463 g/mol. The molecule has 2 aromatic carbocycles. The summed E-state index contributed by atoms with van der Waals surface area (Å²) in [7, 11) is 1.70. The Bertz CT molecular complexity index is 885. The lowest BCUT2D eigenvalue weighted by molar-refractivity contribution is -0.116. The van der Waals surface area contributed by atoms with E-state index in [1.807, 2.05) is 19.9 Å². The number of nitrogens with zero attached hydrogens (tertiary/aromatic N) is 1. The Morgan fingerprint density at radius 2 is 1.79 bits per heavy atom. The van der Waals surface area contributed by atoms with E-state index in [1.54, 1.807) is 43.4 Å². The normalized spacial score (nSPS) is 10.4. The summed E-state index contributed by atoms with van der Waals surface area (Å²) in [5, 5.41) is 5.77. The number of rotatable bonds is 5. The molecule has 8 heteroatoms. The second-order valence-electron chi connectivity index (χ2n) is 6.34. The molecule has 2 amide bonds. The Labute approximate surface area is 178 Å². The second-order valence-corrected chi connectivity index (χ2v) is 7.66. The van der Waals surface area contributed by atoms with Gasteiger partial charge in [0.15, 0.2) is 5.11 Å². The summed E-state index contributed by atoms with van der Waals surface area (Å²) in [4.78, 5) is 25.6. The molecule has 0 saturated carbocycles. The van der Waals surface area contributed by atoms with E-state index in [2.05, 4.69) is 26.6 Å². The van der Waals surface area contributed by atoms with Crippen molar-refractivity contribution in [2.24, 2.45) is 0 Å². The molecule has 6 nitrogen and oxygen atoms in total. The summed E-state index contributed by atoms with van der Waals surface area (Å²) in [5.41, 5.74) is 1.84. The van der Waals surface area contributed by atoms with Gasteiger partial charge in [0, 0.05) is 29.8 Å². The van der Waals surface area contributed by atoms with Gasteiger partial charge in [-0.1, -0.05) is 15.9 Å². The second kappa shape index (κ2) is 9.66. The first-order valence-corrected chi connectivity index (χ1v) is 9.80. The minimum Gasteiger partial charge on any atom is -0.490 e. The molecule has 0 fully saturated rings. The minimum absolute atomic E-state index is 0.0584. The number of nitrogens with one attached hydrogen (secondary N) is 2. The van der Waals surface area contributed by atoms with Gasteiger partial charge in [0.1, 0.15) is 5.75 Å². The molecule has 0 aliphatic carbocycles. The minimum atomic E-state index is -0.373. The van der Waals surface area contributed by atoms with Crippen molar-refractivity contribution in [3.05, 3.63) is 52.5 Å². The van der Waals surface area contributed by atoms with Crippen molar-refractivity contribution in [2.45, 2.75) is 26.9 Å². The molecule has 2 N–H and O–H groups in total. The van der Waals surface area contributed by atoms with E-state index in [-0.39, 0.29) is 23.0 Å². The number of carbonyl (C=O) groups excluding carboxylic acids is 2. The van der Waals surface area contributed by atoms with Gasteiger partial charge in [-0.25, -0.2) is 0 Å². The summed E-state index contributed by atoms with van der Waals surface area (Å²) < 4.78 is 6.46. The quantitative estimate of drug-likeness (QED) is 0.645. The van der Waals surface area contributed by atoms with E-state index in [0.717, 1.165) is 10.2 Å². The first kappa shape index (κ1) is 21.8. The van der Waals surface area contributed by atoms with Crippen LogP contribution in [0, 0.1) is 0 Å². The maximum atomic E-state index is 12.6. The van der Waals surface area contributed by atoms with E-state index < -0.39 is 0 Å². The average Bonchev–Trinajstić information content (AvgIpc) is 2.62. The number of anilines is 2. The fourth-order valence-corrected chi connectivity index (χ4v) is 2.89. The first-order chi connectivity index (χ1) is 13.2. The highest BCUT2D eigenvalue weighted by molar-refractivity contribution is 9.10. The largest absolute Gasteiger partial charge is 0.490 e. The van der Waals surface area contributed by atoms with Gasteiger partial charge in [-0.2, -0.15) is 0 Å². The van der Waals surface area contributed by atoms with Crippen molar-refractivity contribution in [1.29, 1.82) is 0 Å². The van der Waals surface area contributed by atoms with Gasteiger partial charge in [0.05, 0.1) is 11.7 Å². The van der Waals surface area contributed by atoms with Crippen molar-refractivity contribution in [2.75, 3.05) is 17.3 Å². The smallest absolute Gasteiger partial charge is 0.261 e. The SMILES string of the molecule is CC(=O)N(C)c1ccc(NC(=S)NC(=O)c2cc(Br)ccc2OC(C)C)cc1. The molecule has 28 heavy (non-hydrogen) atoms. The van der Waals surface area contributed by atoms with Crippen LogP contribution in [0.1, 0.15) is 31.1 Å². The van der Waals surface area contributed by atoms with E-state index in [1.165, 1.54) is 11.8 Å². The third kappa shape index (κ3) is 6.03. The summed E-state index contributed by atoms with van der Waals surface area (Å²) in [6.45, 7) is 5.28. The molecule has 0 saturated heterocycles. The van der Waals surface area contributed by atoms with Crippen LogP contribution in [0.4, 0.5) is 11.4 Å². The van der Waals surface area contributed by atoms with Gasteiger partial charge in [-0.15, -0.1) is 0 Å². The predicted molar refractivity (Wildman–Crippen MR) is 119 cm³/mol. The molecule has 0 unspecified atom stereocenters. The number of carbonyl (C=O) groups is 2. The van der Waals surface area contributed by atoms with Gasteiger partial charge < -0.3 is 15.0 Å². The van der Waals surface area contributed by atoms with E-state index in [9.17, 15) is 9.59 Å². The van der Waals surface area contributed by atoms with Crippen molar-refractivity contribution in [1.82, 2.24) is 5.32 Å². The molecule has 0 aliphatic heterocycles. The van der Waals surface area contributed by atoms with Gasteiger partial charge in [-0.05, 0) is 68.5 Å². The molecular weight excluding hydrogens is 442 g/mol. The zero-order chi connectivity index (χ0) is 20.8. The lowest BCUT2D eigenvalue weighted by Gasteiger charge is -2.17. The van der Waals surface area contributed by atoms with Crippen LogP contribution in [-0.4, -0.2) is 30.1 Å². The molecular formula is C20H22BrN3O3S. The summed E-state index contributed by atoms with van der Waals surface area (Å²) >= 11 is 8.61.